The molecule has 3 N–H and O–H groups in total. The molecule has 138 valence electrons. The lowest BCUT2D eigenvalue weighted by atomic mass is 9.89. The molecule has 1 aromatic carbocycles. The van der Waals surface area contributed by atoms with Gasteiger partial charge in [0, 0.05) is 12.6 Å². The van der Waals surface area contributed by atoms with Gasteiger partial charge in [0.15, 0.2) is 0 Å². The Kier molecular flexibility index (Phi) is 11.0. The first-order valence-electron chi connectivity index (χ1n) is 9.73. The summed E-state index contributed by atoms with van der Waals surface area (Å²) in [6.07, 6.45) is 8.97. The first kappa shape index (κ1) is 21.1. The Morgan fingerprint density at radius 3 is 2.21 bits per heavy atom. The van der Waals surface area contributed by atoms with E-state index in [1.165, 1.54) is 24.0 Å². The summed E-state index contributed by atoms with van der Waals surface area (Å²) in [5.74, 6) is 1.05. The molecule has 0 bridgehead atoms. The van der Waals surface area contributed by atoms with Crippen LogP contribution in [0.2, 0.25) is 0 Å². The molecule has 1 rings (SSSR count). The molecular weight excluding hydrogens is 298 g/mol. The van der Waals surface area contributed by atoms with Crippen molar-refractivity contribution in [2.24, 2.45) is 5.92 Å². The third-order valence-electron chi connectivity index (χ3n) is 5.28. The molecule has 1 aromatic rings. The van der Waals surface area contributed by atoms with Crippen molar-refractivity contribution in [1.29, 1.82) is 0 Å². The zero-order chi connectivity index (χ0) is 17.8. The predicted octanol–water partition coefficient (Wildman–Crippen LogP) is 5.06. The molecule has 0 aliphatic rings. The Morgan fingerprint density at radius 1 is 0.958 bits per heavy atom. The average molecular weight is 336 g/mol. The van der Waals surface area contributed by atoms with Gasteiger partial charge in [-0.05, 0) is 68.4 Å². The second-order valence-electron chi connectivity index (χ2n) is 7.16. The second kappa shape index (κ2) is 12.5. The molecule has 0 heterocycles. The molecule has 0 fully saturated rings. The zero-order valence-electron chi connectivity index (χ0n) is 15.8. The van der Waals surface area contributed by atoms with Crippen molar-refractivity contribution in [3.05, 3.63) is 35.4 Å². The van der Waals surface area contributed by atoms with Crippen molar-refractivity contribution in [2.45, 2.75) is 84.1 Å². The van der Waals surface area contributed by atoms with Crippen LogP contribution in [-0.4, -0.2) is 23.0 Å². The van der Waals surface area contributed by atoms with E-state index >= 15 is 0 Å². The number of hydroxylamine groups is 1. The van der Waals surface area contributed by atoms with Gasteiger partial charge in [-0.3, -0.25) is 0 Å². The van der Waals surface area contributed by atoms with Crippen LogP contribution in [0.25, 0.3) is 0 Å². The molecule has 0 aliphatic carbocycles. The highest BCUT2D eigenvalue weighted by Gasteiger charge is 2.11. The third-order valence-corrected chi connectivity index (χ3v) is 5.28. The van der Waals surface area contributed by atoms with Crippen LogP contribution in [0.5, 0.6) is 0 Å². The number of aliphatic hydroxyl groups is 1. The summed E-state index contributed by atoms with van der Waals surface area (Å²) in [4.78, 5) is 0. The molecule has 3 atom stereocenters. The van der Waals surface area contributed by atoms with Crippen LogP contribution >= 0.6 is 0 Å². The van der Waals surface area contributed by atoms with E-state index < -0.39 is 0 Å². The van der Waals surface area contributed by atoms with Gasteiger partial charge in [-0.2, -0.15) is 0 Å². The quantitative estimate of drug-likeness (QED) is 0.349. The van der Waals surface area contributed by atoms with Crippen molar-refractivity contribution < 1.29 is 10.3 Å². The van der Waals surface area contributed by atoms with Gasteiger partial charge >= 0.3 is 0 Å². The van der Waals surface area contributed by atoms with E-state index in [1.807, 2.05) is 6.92 Å². The summed E-state index contributed by atoms with van der Waals surface area (Å²) < 4.78 is 0. The van der Waals surface area contributed by atoms with Crippen LogP contribution in [0.4, 0.5) is 0 Å². The Hall–Kier alpha value is -0.900. The van der Waals surface area contributed by atoms with Gasteiger partial charge < -0.3 is 10.3 Å². The molecule has 0 spiro atoms. The SMILES string of the molecule is CCC(CO)CCCCc1ccc(C(CC)CCC(C)NO)cc1. The second-order valence-corrected chi connectivity index (χ2v) is 7.16. The standard InChI is InChI=1S/C21H37NO2/c1-4-18(16-23)8-6-7-9-19-11-14-21(15-12-19)20(5-2)13-10-17(3)22-24/h11-12,14-15,17-18,20,22-24H,4-10,13,16H2,1-3H3. The van der Waals surface area contributed by atoms with Crippen molar-refractivity contribution in [3.8, 4) is 0 Å². The summed E-state index contributed by atoms with van der Waals surface area (Å²) in [6.45, 7) is 6.73. The Bertz CT molecular complexity index is 414. The molecular formula is C21H37NO2. The van der Waals surface area contributed by atoms with Gasteiger partial charge in [0.1, 0.15) is 0 Å². The van der Waals surface area contributed by atoms with Gasteiger partial charge in [0.25, 0.3) is 0 Å². The Morgan fingerprint density at radius 2 is 1.67 bits per heavy atom. The number of rotatable bonds is 13. The number of nitrogens with one attached hydrogen (secondary N) is 1. The van der Waals surface area contributed by atoms with Crippen LogP contribution in [0.3, 0.4) is 0 Å². The zero-order valence-corrected chi connectivity index (χ0v) is 15.8. The minimum atomic E-state index is 0.157. The van der Waals surface area contributed by atoms with E-state index in [1.54, 1.807) is 0 Å². The van der Waals surface area contributed by atoms with Gasteiger partial charge in [0.05, 0.1) is 0 Å². The summed E-state index contributed by atoms with van der Waals surface area (Å²) >= 11 is 0. The maximum absolute atomic E-state index is 9.22. The van der Waals surface area contributed by atoms with Crippen LogP contribution in [0.15, 0.2) is 24.3 Å². The number of benzene rings is 1. The van der Waals surface area contributed by atoms with Crippen molar-refractivity contribution in [1.82, 2.24) is 5.48 Å². The van der Waals surface area contributed by atoms with Crippen LogP contribution in [0, 0.1) is 5.92 Å². The van der Waals surface area contributed by atoms with E-state index in [4.69, 9.17) is 5.21 Å². The first-order chi connectivity index (χ1) is 11.6. The van der Waals surface area contributed by atoms with E-state index in [0.717, 1.165) is 38.5 Å². The van der Waals surface area contributed by atoms with Crippen LogP contribution < -0.4 is 5.48 Å². The highest BCUT2D eigenvalue weighted by atomic mass is 16.5. The largest absolute Gasteiger partial charge is 0.396 e. The maximum atomic E-state index is 9.22. The molecule has 0 saturated carbocycles. The predicted molar refractivity (Wildman–Crippen MR) is 102 cm³/mol. The third kappa shape index (κ3) is 7.78. The number of aryl methyl sites for hydroxylation is 1. The lowest BCUT2D eigenvalue weighted by Gasteiger charge is -2.18. The van der Waals surface area contributed by atoms with Gasteiger partial charge in [0.2, 0.25) is 0 Å². The van der Waals surface area contributed by atoms with Crippen LogP contribution in [0.1, 0.15) is 82.8 Å². The van der Waals surface area contributed by atoms with Crippen molar-refractivity contribution in [2.75, 3.05) is 6.61 Å². The van der Waals surface area contributed by atoms with Crippen molar-refractivity contribution in [3.63, 3.8) is 0 Å². The van der Waals surface area contributed by atoms with Crippen molar-refractivity contribution >= 4 is 0 Å². The fraction of sp³-hybridized carbons (Fsp3) is 0.714. The topological polar surface area (TPSA) is 52.5 Å². The summed E-state index contributed by atoms with van der Waals surface area (Å²) in [6, 6.07) is 9.26. The number of hydrogen-bond donors (Lipinski definition) is 3. The fourth-order valence-electron chi connectivity index (χ4n) is 3.27. The highest BCUT2D eigenvalue weighted by Crippen LogP contribution is 2.26. The Labute approximate surface area is 148 Å². The molecule has 0 radical (unpaired) electrons. The number of aliphatic hydroxyl groups excluding tert-OH is 1. The average Bonchev–Trinajstić information content (AvgIpc) is 2.63. The summed E-state index contributed by atoms with van der Waals surface area (Å²) in [5.41, 5.74) is 5.16. The van der Waals surface area contributed by atoms with Gasteiger partial charge in [-0.1, -0.05) is 51.0 Å². The van der Waals surface area contributed by atoms with Gasteiger partial charge in [-0.25, -0.2) is 5.48 Å². The Balaban J connectivity index is 2.40. The molecule has 3 nitrogen and oxygen atoms in total. The molecule has 0 saturated heterocycles. The van der Waals surface area contributed by atoms with E-state index in [9.17, 15) is 5.11 Å². The minimum Gasteiger partial charge on any atom is -0.396 e. The van der Waals surface area contributed by atoms with Crippen LogP contribution in [-0.2, 0) is 6.42 Å². The number of hydrogen-bond acceptors (Lipinski definition) is 3. The maximum Gasteiger partial charge on any atom is 0.0459 e. The molecule has 0 aromatic heterocycles. The van der Waals surface area contributed by atoms with E-state index in [0.29, 0.717) is 18.4 Å². The highest BCUT2D eigenvalue weighted by molar-refractivity contribution is 5.25. The smallest absolute Gasteiger partial charge is 0.0459 e. The minimum absolute atomic E-state index is 0.157. The normalized spacial score (nSPS) is 15.2. The fourth-order valence-corrected chi connectivity index (χ4v) is 3.27. The summed E-state index contributed by atoms with van der Waals surface area (Å²) in [7, 11) is 0. The molecule has 0 amide bonds. The first-order valence-corrected chi connectivity index (χ1v) is 9.73. The lowest BCUT2D eigenvalue weighted by Crippen LogP contribution is -2.22. The molecule has 3 heteroatoms. The molecule has 3 unspecified atom stereocenters. The van der Waals surface area contributed by atoms with E-state index in [-0.39, 0.29) is 6.04 Å². The van der Waals surface area contributed by atoms with Gasteiger partial charge in [-0.15, -0.1) is 0 Å². The lowest BCUT2D eigenvalue weighted by molar-refractivity contribution is 0.127. The molecule has 0 aliphatic heterocycles. The van der Waals surface area contributed by atoms with E-state index in [2.05, 4.69) is 43.6 Å². The summed E-state index contributed by atoms with van der Waals surface area (Å²) in [5, 5.41) is 18.2. The number of unbranched alkanes of at least 4 members (excludes halogenated alkanes) is 1. The monoisotopic (exact) mass is 335 g/mol. The molecule has 24 heavy (non-hydrogen) atoms.